The van der Waals surface area contributed by atoms with Crippen LogP contribution in [0.4, 0.5) is 11.4 Å². The molecular weight excluding hydrogens is 184 g/mol. The molecule has 0 radical (unpaired) electrons. The van der Waals surface area contributed by atoms with Crippen molar-refractivity contribution in [3.8, 4) is 0 Å². The third-order valence-corrected chi connectivity index (χ3v) is 3.26. The average Bonchev–Trinajstić information content (AvgIpc) is 2.22. The maximum atomic E-state index is 5.91. The highest BCUT2D eigenvalue weighted by atomic mass is 14.9. The highest BCUT2D eigenvalue weighted by Gasteiger charge is 2.18. The lowest BCUT2D eigenvalue weighted by molar-refractivity contribution is 0.359. The smallest absolute Gasteiger partial charge is 0.0576 e. The molecule has 15 heavy (non-hydrogen) atoms. The Kier molecular flexibility index (Phi) is 3.14. The van der Waals surface area contributed by atoms with E-state index in [9.17, 15) is 0 Å². The second-order valence-corrected chi connectivity index (χ2v) is 4.70. The lowest BCUT2D eigenvalue weighted by atomic mass is 9.87. The van der Waals surface area contributed by atoms with Crippen LogP contribution in [0.3, 0.4) is 0 Å². The lowest BCUT2D eigenvalue weighted by Crippen LogP contribution is -2.26. The van der Waals surface area contributed by atoms with Crippen molar-refractivity contribution in [2.45, 2.75) is 38.6 Å². The lowest BCUT2D eigenvalue weighted by Gasteiger charge is -2.28. The van der Waals surface area contributed by atoms with E-state index >= 15 is 0 Å². The van der Waals surface area contributed by atoms with Gasteiger partial charge in [-0.1, -0.05) is 31.9 Å². The van der Waals surface area contributed by atoms with Crippen molar-refractivity contribution in [2.24, 2.45) is 5.92 Å². The van der Waals surface area contributed by atoms with Gasteiger partial charge in [0.05, 0.1) is 11.4 Å². The molecule has 0 amide bonds. The van der Waals surface area contributed by atoms with E-state index in [1.54, 1.807) is 0 Å². The van der Waals surface area contributed by atoms with E-state index in [4.69, 9.17) is 5.73 Å². The molecule has 0 saturated heterocycles. The van der Waals surface area contributed by atoms with Crippen molar-refractivity contribution in [3.05, 3.63) is 24.3 Å². The normalized spacial score (nSPS) is 26.2. The van der Waals surface area contributed by atoms with Crippen molar-refractivity contribution in [1.29, 1.82) is 0 Å². The van der Waals surface area contributed by atoms with Gasteiger partial charge in [-0.3, -0.25) is 0 Å². The molecule has 1 aromatic rings. The standard InChI is InChI=1S/C13H20N2/c1-10-5-4-6-11(9-10)15-13-8-3-2-7-12(13)14/h2-3,7-8,10-11,15H,4-6,9,14H2,1H3/t10-,11-/m0/s1. The van der Waals surface area contributed by atoms with Gasteiger partial charge in [-0.2, -0.15) is 0 Å². The highest BCUT2D eigenvalue weighted by Crippen LogP contribution is 2.27. The summed E-state index contributed by atoms with van der Waals surface area (Å²) in [6, 6.07) is 8.64. The van der Waals surface area contributed by atoms with Crippen LogP contribution >= 0.6 is 0 Å². The molecule has 2 rings (SSSR count). The minimum Gasteiger partial charge on any atom is -0.397 e. The summed E-state index contributed by atoms with van der Waals surface area (Å²) in [5.74, 6) is 0.848. The monoisotopic (exact) mass is 204 g/mol. The molecule has 0 heterocycles. The zero-order valence-corrected chi connectivity index (χ0v) is 9.37. The van der Waals surface area contributed by atoms with Crippen LogP contribution in [0.2, 0.25) is 0 Å². The molecule has 0 bridgehead atoms. The molecule has 0 aliphatic heterocycles. The summed E-state index contributed by atoms with van der Waals surface area (Å²) in [5.41, 5.74) is 7.86. The zero-order valence-electron chi connectivity index (χ0n) is 9.37. The van der Waals surface area contributed by atoms with Crippen molar-refractivity contribution >= 4 is 11.4 Å². The minimum atomic E-state index is 0.610. The zero-order chi connectivity index (χ0) is 10.7. The molecule has 2 nitrogen and oxygen atoms in total. The van der Waals surface area contributed by atoms with Crippen LogP contribution in [0, 0.1) is 5.92 Å². The van der Waals surface area contributed by atoms with E-state index in [1.807, 2.05) is 18.2 Å². The van der Waals surface area contributed by atoms with Crippen molar-refractivity contribution in [1.82, 2.24) is 0 Å². The first-order chi connectivity index (χ1) is 7.25. The first kappa shape index (κ1) is 10.3. The average molecular weight is 204 g/mol. The van der Waals surface area contributed by atoms with E-state index in [0.717, 1.165) is 17.3 Å². The Morgan fingerprint density at radius 3 is 2.80 bits per heavy atom. The summed E-state index contributed by atoms with van der Waals surface area (Å²) < 4.78 is 0. The molecule has 2 atom stereocenters. The Morgan fingerprint density at radius 2 is 2.07 bits per heavy atom. The van der Waals surface area contributed by atoms with E-state index in [0.29, 0.717) is 6.04 Å². The molecule has 0 spiro atoms. The third kappa shape index (κ3) is 2.65. The molecule has 82 valence electrons. The number of rotatable bonds is 2. The van der Waals surface area contributed by atoms with Crippen molar-refractivity contribution < 1.29 is 0 Å². The largest absolute Gasteiger partial charge is 0.397 e. The Labute approximate surface area is 91.9 Å². The highest BCUT2D eigenvalue weighted by molar-refractivity contribution is 5.65. The predicted octanol–water partition coefficient (Wildman–Crippen LogP) is 3.26. The van der Waals surface area contributed by atoms with Crippen LogP contribution in [0.5, 0.6) is 0 Å². The van der Waals surface area contributed by atoms with Gasteiger partial charge in [0.2, 0.25) is 0 Å². The Bertz CT molecular complexity index is 322. The van der Waals surface area contributed by atoms with Crippen molar-refractivity contribution in [3.63, 3.8) is 0 Å². The van der Waals surface area contributed by atoms with Crippen LogP contribution in [-0.2, 0) is 0 Å². The van der Waals surface area contributed by atoms with Gasteiger partial charge in [0.15, 0.2) is 0 Å². The van der Waals surface area contributed by atoms with Gasteiger partial charge in [0, 0.05) is 6.04 Å². The first-order valence-corrected chi connectivity index (χ1v) is 5.87. The topological polar surface area (TPSA) is 38.0 Å². The van der Waals surface area contributed by atoms with E-state index < -0.39 is 0 Å². The summed E-state index contributed by atoms with van der Waals surface area (Å²) >= 11 is 0. The fourth-order valence-electron chi connectivity index (χ4n) is 2.41. The van der Waals surface area contributed by atoms with Gasteiger partial charge in [-0.25, -0.2) is 0 Å². The molecule has 1 aliphatic carbocycles. The molecular formula is C13H20N2. The summed E-state index contributed by atoms with van der Waals surface area (Å²) in [4.78, 5) is 0. The first-order valence-electron chi connectivity index (χ1n) is 5.87. The van der Waals surface area contributed by atoms with Gasteiger partial charge in [0.25, 0.3) is 0 Å². The van der Waals surface area contributed by atoms with Crippen LogP contribution in [0.15, 0.2) is 24.3 Å². The van der Waals surface area contributed by atoms with Crippen LogP contribution in [0.25, 0.3) is 0 Å². The molecule has 0 unspecified atom stereocenters. The van der Waals surface area contributed by atoms with Crippen molar-refractivity contribution in [2.75, 3.05) is 11.1 Å². The number of hydrogen-bond donors (Lipinski definition) is 2. The molecule has 1 saturated carbocycles. The molecule has 0 aromatic heterocycles. The Morgan fingerprint density at radius 1 is 1.27 bits per heavy atom. The van der Waals surface area contributed by atoms with Crippen LogP contribution < -0.4 is 11.1 Å². The molecule has 3 N–H and O–H groups in total. The van der Waals surface area contributed by atoms with Gasteiger partial charge >= 0.3 is 0 Å². The molecule has 2 heteroatoms. The van der Waals surface area contributed by atoms with E-state index in [2.05, 4.69) is 18.3 Å². The van der Waals surface area contributed by atoms with Crippen LogP contribution in [0.1, 0.15) is 32.6 Å². The number of nitrogens with two attached hydrogens (primary N) is 1. The SMILES string of the molecule is C[C@H]1CCC[C@H](Nc2ccccc2N)C1. The quantitative estimate of drug-likeness (QED) is 0.726. The maximum absolute atomic E-state index is 5.91. The molecule has 1 aromatic carbocycles. The number of hydrogen-bond acceptors (Lipinski definition) is 2. The minimum absolute atomic E-state index is 0.610. The maximum Gasteiger partial charge on any atom is 0.0576 e. The third-order valence-electron chi connectivity index (χ3n) is 3.26. The molecule has 1 fully saturated rings. The van der Waals surface area contributed by atoms with Gasteiger partial charge in [0.1, 0.15) is 0 Å². The summed E-state index contributed by atoms with van der Waals surface area (Å²) in [5, 5.41) is 3.55. The van der Waals surface area contributed by atoms with Gasteiger partial charge < -0.3 is 11.1 Å². The summed E-state index contributed by atoms with van der Waals surface area (Å²) in [7, 11) is 0. The second-order valence-electron chi connectivity index (χ2n) is 4.70. The number of benzene rings is 1. The van der Waals surface area contributed by atoms with E-state index in [-0.39, 0.29) is 0 Å². The fourth-order valence-corrected chi connectivity index (χ4v) is 2.41. The fraction of sp³-hybridized carbons (Fsp3) is 0.538. The number of para-hydroxylation sites is 2. The summed E-state index contributed by atoms with van der Waals surface area (Å²) in [6.07, 6.45) is 5.26. The Balaban J connectivity index is 1.99. The number of anilines is 2. The van der Waals surface area contributed by atoms with E-state index in [1.165, 1.54) is 25.7 Å². The summed E-state index contributed by atoms with van der Waals surface area (Å²) in [6.45, 7) is 2.34. The number of nitrogen functional groups attached to an aromatic ring is 1. The Hall–Kier alpha value is -1.18. The van der Waals surface area contributed by atoms with Gasteiger partial charge in [-0.05, 0) is 30.9 Å². The predicted molar refractivity (Wildman–Crippen MR) is 65.9 cm³/mol. The van der Waals surface area contributed by atoms with Crippen LogP contribution in [-0.4, -0.2) is 6.04 Å². The number of nitrogens with one attached hydrogen (secondary N) is 1. The second kappa shape index (κ2) is 4.56. The molecule has 1 aliphatic rings. The van der Waals surface area contributed by atoms with Gasteiger partial charge in [-0.15, -0.1) is 0 Å².